The molecule has 0 bridgehead atoms. The summed E-state index contributed by atoms with van der Waals surface area (Å²) in [5.74, 6) is -3.47. The Bertz CT molecular complexity index is 683. The van der Waals surface area contributed by atoms with E-state index in [9.17, 15) is 32.1 Å². The van der Waals surface area contributed by atoms with Gasteiger partial charge in [-0.1, -0.05) is 0 Å². The lowest BCUT2D eigenvalue weighted by Crippen LogP contribution is -2.36. The van der Waals surface area contributed by atoms with Crippen molar-refractivity contribution in [2.75, 3.05) is 13.2 Å². The fourth-order valence-electron chi connectivity index (χ4n) is 2.37. The van der Waals surface area contributed by atoms with Crippen molar-refractivity contribution in [3.8, 4) is 0 Å². The Morgan fingerprint density at radius 3 is 1.96 bits per heavy atom. The van der Waals surface area contributed by atoms with Crippen LogP contribution in [0.2, 0.25) is 0 Å². The van der Waals surface area contributed by atoms with Gasteiger partial charge >= 0.3 is 23.9 Å². The van der Waals surface area contributed by atoms with Gasteiger partial charge in [-0.25, -0.2) is 8.42 Å². The van der Waals surface area contributed by atoms with Crippen molar-refractivity contribution in [1.29, 1.82) is 0 Å². The van der Waals surface area contributed by atoms with E-state index in [2.05, 4.69) is 4.74 Å². The van der Waals surface area contributed by atoms with Gasteiger partial charge in [0.25, 0.3) is 0 Å². The summed E-state index contributed by atoms with van der Waals surface area (Å²) in [6.07, 6.45) is -1.43. The molecule has 0 aromatic rings. The van der Waals surface area contributed by atoms with Crippen molar-refractivity contribution in [2.45, 2.75) is 49.6 Å². The zero-order valence-corrected chi connectivity index (χ0v) is 14.4. The largest absolute Gasteiger partial charge is 0.747 e. The lowest BCUT2D eigenvalue weighted by molar-refractivity contribution is -0.156. The third kappa shape index (κ3) is 5.95. The van der Waals surface area contributed by atoms with Crippen LogP contribution in [-0.2, 0) is 48.2 Å². The Balaban J connectivity index is 1.83. The molecule has 0 aromatic carbocycles. The van der Waals surface area contributed by atoms with Gasteiger partial charge in [0, 0.05) is 12.8 Å². The average Bonchev–Trinajstić information content (AvgIpc) is 3.15. The van der Waals surface area contributed by atoms with E-state index in [4.69, 9.17) is 14.2 Å². The molecule has 2 rings (SSSR count). The van der Waals surface area contributed by atoms with E-state index in [0.717, 1.165) is 0 Å². The highest BCUT2D eigenvalue weighted by atomic mass is 32.2. The van der Waals surface area contributed by atoms with E-state index in [1.165, 1.54) is 0 Å². The molecule has 0 N–H and O–H groups in total. The van der Waals surface area contributed by atoms with Gasteiger partial charge in [0.1, 0.15) is 35.5 Å². The molecule has 0 spiro atoms. The SMILES string of the molecule is O=C(CC(C(=O)OCC1CCC(=O)O1)S(=O)(=O)[O-])OCC1CCC(=O)O1. The number of hydrogen-bond donors (Lipinski definition) is 0. The van der Waals surface area contributed by atoms with E-state index in [1.807, 2.05) is 0 Å². The summed E-state index contributed by atoms with van der Waals surface area (Å²) < 4.78 is 52.7. The minimum Gasteiger partial charge on any atom is -0.747 e. The van der Waals surface area contributed by atoms with E-state index >= 15 is 0 Å². The van der Waals surface area contributed by atoms with Crippen molar-refractivity contribution in [3.63, 3.8) is 0 Å². The molecule has 2 fully saturated rings. The molecule has 2 aliphatic rings. The Morgan fingerprint density at radius 1 is 1.04 bits per heavy atom. The van der Waals surface area contributed by atoms with Gasteiger partial charge < -0.3 is 23.5 Å². The van der Waals surface area contributed by atoms with E-state index < -0.39 is 64.5 Å². The lowest BCUT2D eigenvalue weighted by Gasteiger charge is -2.20. The highest BCUT2D eigenvalue weighted by Gasteiger charge is 2.33. The molecule has 11 nitrogen and oxygen atoms in total. The fraction of sp³-hybridized carbons (Fsp3) is 0.714. The molecule has 0 amide bonds. The molecule has 146 valence electrons. The first kappa shape index (κ1) is 20.1. The molecule has 2 heterocycles. The number of hydrogen-bond acceptors (Lipinski definition) is 11. The van der Waals surface area contributed by atoms with Gasteiger partial charge in [-0.15, -0.1) is 0 Å². The van der Waals surface area contributed by atoms with Crippen molar-refractivity contribution < 1.29 is 51.1 Å². The Kier molecular flexibility index (Phi) is 6.53. The van der Waals surface area contributed by atoms with Crippen LogP contribution in [0.5, 0.6) is 0 Å². The van der Waals surface area contributed by atoms with Crippen LogP contribution < -0.4 is 0 Å². The summed E-state index contributed by atoms with van der Waals surface area (Å²) in [6, 6.07) is 0. The van der Waals surface area contributed by atoms with Gasteiger partial charge in [-0.2, -0.15) is 0 Å². The second kappa shape index (κ2) is 8.45. The summed E-state index contributed by atoms with van der Waals surface area (Å²) in [4.78, 5) is 45.4. The maximum atomic E-state index is 11.8. The number of rotatable bonds is 8. The predicted molar refractivity (Wildman–Crippen MR) is 78.2 cm³/mol. The molecule has 0 radical (unpaired) electrons. The summed E-state index contributed by atoms with van der Waals surface area (Å²) in [5, 5.41) is -2.28. The first-order valence-corrected chi connectivity index (χ1v) is 9.28. The van der Waals surface area contributed by atoms with Crippen LogP contribution in [0.15, 0.2) is 0 Å². The molecule has 3 atom stereocenters. The first-order valence-electron chi connectivity index (χ1n) is 7.81. The van der Waals surface area contributed by atoms with Gasteiger partial charge in [-0.3, -0.25) is 19.2 Å². The van der Waals surface area contributed by atoms with Crippen LogP contribution in [0.25, 0.3) is 0 Å². The Hall–Kier alpha value is -2.21. The maximum Gasteiger partial charge on any atom is 0.323 e. The molecule has 26 heavy (non-hydrogen) atoms. The van der Waals surface area contributed by atoms with Gasteiger partial charge in [-0.05, 0) is 12.8 Å². The van der Waals surface area contributed by atoms with Gasteiger partial charge in [0.05, 0.1) is 6.42 Å². The van der Waals surface area contributed by atoms with Gasteiger partial charge in [0.15, 0.2) is 5.25 Å². The average molecular weight is 393 g/mol. The van der Waals surface area contributed by atoms with Crippen LogP contribution in [0.1, 0.15) is 32.1 Å². The van der Waals surface area contributed by atoms with Crippen LogP contribution in [0, 0.1) is 0 Å². The van der Waals surface area contributed by atoms with Crippen molar-refractivity contribution in [2.24, 2.45) is 0 Å². The predicted octanol–water partition coefficient (Wildman–Crippen LogP) is -1.21. The standard InChI is InChI=1S/C14H18O11S/c15-11-3-1-8(24-11)6-22-13(17)5-10(26(19,20)21)14(18)23-7-9-2-4-12(16)25-9/h8-10H,1-7H2,(H,19,20,21)/p-1. The molecule has 3 unspecified atom stereocenters. The van der Waals surface area contributed by atoms with E-state index in [1.54, 1.807) is 0 Å². The normalized spacial score (nSPS) is 23.9. The van der Waals surface area contributed by atoms with Crippen molar-refractivity contribution in [1.82, 2.24) is 0 Å². The second-order valence-electron chi connectivity index (χ2n) is 5.80. The van der Waals surface area contributed by atoms with Crippen molar-refractivity contribution in [3.05, 3.63) is 0 Å². The molecule has 12 heteroatoms. The molecule has 0 aliphatic carbocycles. The molecule has 0 aromatic heterocycles. The highest BCUT2D eigenvalue weighted by molar-refractivity contribution is 7.87. The minimum absolute atomic E-state index is 0.142. The maximum absolute atomic E-state index is 11.8. The lowest BCUT2D eigenvalue weighted by atomic mass is 10.2. The summed E-state index contributed by atoms with van der Waals surface area (Å²) in [7, 11) is -5.18. The Labute approximate surface area is 148 Å². The molecular formula is C14H17O11S-. The van der Waals surface area contributed by atoms with Crippen LogP contribution in [0.3, 0.4) is 0 Å². The smallest absolute Gasteiger partial charge is 0.323 e. The molecule has 0 saturated carbocycles. The van der Waals surface area contributed by atoms with Crippen LogP contribution in [-0.4, -0.2) is 67.5 Å². The topological polar surface area (TPSA) is 162 Å². The monoisotopic (exact) mass is 393 g/mol. The van der Waals surface area contributed by atoms with E-state index in [-0.39, 0.29) is 19.4 Å². The number of carbonyl (C=O) groups excluding carboxylic acids is 4. The zero-order chi connectivity index (χ0) is 19.3. The van der Waals surface area contributed by atoms with Crippen LogP contribution >= 0.6 is 0 Å². The second-order valence-corrected chi connectivity index (χ2v) is 7.35. The molecule has 2 saturated heterocycles. The zero-order valence-electron chi connectivity index (χ0n) is 13.6. The summed E-state index contributed by atoms with van der Waals surface area (Å²) in [6.45, 7) is -0.715. The molecular weight excluding hydrogens is 376 g/mol. The van der Waals surface area contributed by atoms with E-state index in [0.29, 0.717) is 12.8 Å². The number of cyclic esters (lactones) is 2. The number of carbonyl (C=O) groups is 4. The molecule has 2 aliphatic heterocycles. The first-order chi connectivity index (χ1) is 12.1. The van der Waals surface area contributed by atoms with Gasteiger partial charge in [0.2, 0.25) is 0 Å². The summed E-state index contributed by atoms with van der Waals surface area (Å²) in [5.41, 5.74) is 0. The minimum atomic E-state index is -5.18. The number of esters is 4. The van der Waals surface area contributed by atoms with Crippen LogP contribution in [0.4, 0.5) is 0 Å². The summed E-state index contributed by atoms with van der Waals surface area (Å²) >= 11 is 0. The number of ether oxygens (including phenoxy) is 4. The third-order valence-electron chi connectivity index (χ3n) is 3.74. The highest BCUT2D eigenvalue weighted by Crippen LogP contribution is 2.17. The Morgan fingerprint density at radius 2 is 1.54 bits per heavy atom. The van der Waals surface area contributed by atoms with Crippen molar-refractivity contribution >= 4 is 34.0 Å². The third-order valence-corrected chi connectivity index (χ3v) is 4.80. The quantitative estimate of drug-likeness (QED) is 0.276. The fourth-order valence-corrected chi connectivity index (χ4v) is 3.01.